The van der Waals surface area contributed by atoms with E-state index in [2.05, 4.69) is 29.6 Å². The van der Waals surface area contributed by atoms with E-state index in [1.54, 1.807) is 6.92 Å². The van der Waals surface area contributed by atoms with Crippen LogP contribution in [0.2, 0.25) is 0 Å². The number of aliphatic hydroxyl groups excluding tert-OH is 3. The fourth-order valence-electron chi connectivity index (χ4n) is 7.39. The molecule has 1 amide bonds. The number of nitrogens with one attached hydrogen (secondary N) is 1. The van der Waals surface area contributed by atoms with Gasteiger partial charge in [0.15, 0.2) is 0 Å². The van der Waals surface area contributed by atoms with E-state index >= 15 is 0 Å². The number of hydrogen-bond acceptors (Lipinski definition) is 8. The Kier molecular flexibility index (Phi) is 10.7. The smallest absolute Gasteiger partial charge is 0.226 e. The number of aliphatic hydroxyl groups is 3. The highest BCUT2D eigenvalue weighted by Gasteiger charge is 2.65. The number of ether oxygens (including phenoxy) is 2. The molecule has 0 spiro atoms. The maximum Gasteiger partial charge on any atom is 0.226 e. The summed E-state index contributed by atoms with van der Waals surface area (Å²) in [5.41, 5.74) is 3.36. The third kappa shape index (κ3) is 7.25. The summed E-state index contributed by atoms with van der Waals surface area (Å²) in [6.07, 6.45) is 3.67. The van der Waals surface area contributed by atoms with Crippen LogP contribution in [0, 0.1) is 12.3 Å². The van der Waals surface area contributed by atoms with Crippen LogP contribution in [0.1, 0.15) is 86.1 Å². The maximum absolute atomic E-state index is 13.2. The number of hydrogen-bond donors (Lipinski definition) is 4. The lowest BCUT2D eigenvalue weighted by Gasteiger charge is -2.45. The first kappa shape index (κ1) is 34.7. The number of Topliss-reactive ketones (excluding diaryl/α,β-unsaturated/α-hetero) is 1. The van der Waals surface area contributed by atoms with E-state index in [4.69, 9.17) is 9.47 Å². The fourth-order valence-corrected chi connectivity index (χ4v) is 7.39. The van der Waals surface area contributed by atoms with Gasteiger partial charge in [-0.15, -0.1) is 0 Å². The molecule has 0 aromatic heterocycles. The minimum absolute atomic E-state index is 0.0477. The third-order valence-electron chi connectivity index (χ3n) is 10.4. The molecule has 2 aromatic carbocycles. The number of fused-ring (bicyclic) bond motifs is 2. The van der Waals surface area contributed by atoms with Gasteiger partial charge in [-0.2, -0.15) is 0 Å². The average molecular weight is 637 g/mol. The van der Waals surface area contributed by atoms with Gasteiger partial charge < -0.3 is 35.0 Å². The minimum atomic E-state index is -1.54. The van der Waals surface area contributed by atoms with Crippen LogP contribution in [0.25, 0.3) is 0 Å². The second kappa shape index (κ2) is 14.2. The van der Waals surface area contributed by atoms with Crippen molar-refractivity contribution < 1.29 is 34.4 Å². The summed E-state index contributed by atoms with van der Waals surface area (Å²) in [6, 6.07) is 14.2. The first-order valence-corrected chi connectivity index (χ1v) is 16.9. The Balaban J connectivity index is 1.16. The van der Waals surface area contributed by atoms with Crippen LogP contribution in [-0.2, 0) is 37.7 Å². The predicted octanol–water partition coefficient (Wildman–Crippen LogP) is 3.55. The second-order valence-electron chi connectivity index (χ2n) is 14.4. The van der Waals surface area contributed by atoms with E-state index in [9.17, 15) is 24.9 Å². The van der Waals surface area contributed by atoms with E-state index < -0.39 is 35.1 Å². The Labute approximate surface area is 273 Å². The van der Waals surface area contributed by atoms with Gasteiger partial charge in [0.05, 0.1) is 12.0 Å². The first-order valence-electron chi connectivity index (χ1n) is 16.9. The van der Waals surface area contributed by atoms with Gasteiger partial charge in [0.1, 0.15) is 29.7 Å². The molecule has 9 nitrogen and oxygen atoms in total. The molecule has 2 bridgehead atoms. The second-order valence-corrected chi connectivity index (χ2v) is 14.4. The summed E-state index contributed by atoms with van der Waals surface area (Å²) in [5.74, 6) is -1.31. The number of amides is 1. The summed E-state index contributed by atoms with van der Waals surface area (Å²) < 4.78 is 12.1. The Morgan fingerprint density at radius 3 is 2.37 bits per heavy atom. The summed E-state index contributed by atoms with van der Waals surface area (Å²) >= 11 is 0. The molecule has 4 N–H and O–H groups in total. The molecule has 252 valence electrons. The van der Waals surface area contributed by atoms with Crippen LogP contribution in [0.15, 0.2) is 42.5 Å². The van der Waals surface area contributed by atoms with Crippen molar-refractivity contribution in [1.82, 2.24) is 10.2 Å². The number of carbonyl (C=O) groups is 2. The van der Waals surface area contributed by atoms with Crippen LogP contribution in [0.3, 0.4) is 0 Å². The Hall–Kier alpha value is -2.66. The first-order chi connectivity index (χ1) is 21.9. The van der Waals surface area contributed by atoms with E-state index in [0.29, 0.717) is 31.4 Å². The highest BCUT2D eigenvalue weighted by atomic mass is 16.8. The Morgan fingerprint density at radius 2 is 1.67 bits per heavy atom. The van der Waals surface area contributed by atoms with Crippen LogP contribution in [0.5, 0.6) is 0 Å². The van der Waals surface area contributed by atoms with Crippen molar-refractivity contribution in [3.8, 4) is 0 Å². The fraction of sp³-hybridized carbons (Fsp3) is 0.622. The molecule has 1 aliphatic carbocycles. The summed E-state index contributed by atoms with van der Waals surface area (Å²) in [7, 11) is 3.97. The van der Waals surface area contributed by atoms with Crippen molar-refractivity contribution in [2.75, 3.05) is 33.8 Å². The molecular formula is C37H52N2O7. The summed E-state index contributed by atoms with van der Waals surface area (Å²) in [6.45, 7) is 5.16. The molecular weight excluding hydrogens is 584 g/mol. The van der Waals surface area contributed by atoms with Crippen LogP contribution >= 0.6 is 0 Å². The lowest BCUT2D eigenvalue weighted by atomic mass is 9.70. The molecule has 2 heterocycles. The number of aryl methyl sites for hydroxylation is 2. The molecule has 5 atom stereocenters. The third-order valence-corrected chi connectivity index (χ3v) is 10.4. The number of carbonyl (C=O) groups excluding carboxylic acids is 2. The summed E-state index contributed by atoms with van der Waals surface area (Å²) in [5, 5.41) is 35.0. The topological polar surface area (TPSA) is 129 Å². The molecule has 5 rings (SSSR count). The van der Waals surface area contributed by atoms with E-state index in [1.165, 1.54) is 5.56 Å². The SMILES string of the molecule is Cc1ccc([C@]23OC[C@](C)(O2)[C@@H](O)[C@H](O)[C@H]3O)cc1Cc1ccc(CCCC(=O)CC2(C(=O)NCCN(C)C)CCCCC2)cc1. The van der Waals surface area contributed by atoms with Crippen molar-refractivity contribution in [2.24, 2.45) is 5.41 Å². The molecule has 46 heavy (non-hydrogen) atoms. The lowest BCUT2D eigenvalue weighted by molar-refractivity contribution is -0.322. The highest BCUT2D eigenvalue weighted by molar-refractivity contribution is 5.89. The number of rotatable bonds is 13. The van der Waals surface area contributed by atoms with Crippen LogP contribution in [0.4, 0.5) is 0 Å². The molecule has 3 aliphatic rings. The zero-order chi connectivity index (χ0) is 33.1. The molecule has 9 heteroatoms. The maximum atomic E-state index is 13.2. The normalized spacial score (nSPS) is 28.7. The van der Waals surface area contributed by atoms with Gasteiger partial charge in [-0.1, -0.05) is 55.7 Å². The van der Waals surface area contributed by atoms with Gasteiger partial charge in [0, 0.05) is 31.5 Å². The van der Waals surface area contributed by atoms with Crippen molar-refractivity contribution in [2.45, 2.75) is 108 Å². The van der Waals surface area contributed by atoms with Gasteiger partial charge in [0.25, 0.3) is 0 Å². The van der Waals surface area contributed by atoms with Gasteiger partial charge in [-0.05, 0) is 88.4 Å². The van der Waals surface area contributed by atoms with Gasteiger partial charge >= 0.3 is 0 Å². The van der Waals surface area contributed by atoms with Crippen molar-refractivity contribution in [3.63, 3.8) is 0 Å². The minimum Gasteiger partial charge on any atom is -0.387 e. The average Bonchev–Trinajstić information content (AvgIpc) is 3.38. The van der Waals surface area contributed by atoms with E-state index in [0.717, 1.165) is 68.2 Å². The predicted molar refractivity (Wildman–Crippen MR) is 175 cm³/mol. The Morgan fingerprint density at radius 1 is 0.978 bits per heavy atom. The molecule has 1 saturated carbocycles. The van der Waals surface area contributed by atoms with E-state index in [1.807, 2.05) is 44.1 Å². The monoisotopic (exact) mass is 636 g/mol. The number of nitrogens with zero attached hydrogens (tertiary/aromatic N) is 1. The molecule has 2 aliphatic heterocycles. The van der Waals surface area contributed by atoms with Gasteiger partial charge in [-0.3, -0.25) is 9.59 Å². The number of benzene rings is 2. The van der Waals surface area contributed by atoms with Crippen LogP contribution in [-0.4, -0.2) is 89.6 Å². The lowest BCUT2D eigenvalue weighted by Crippen LogP contribution is -2.63. The standard InChI is InChI=1S/C37H52N2O7/c1-25-11-16-29(37-33(43)31(41)32(42)35(2,46-37)24-45-37)22-28(25)21-27-14-12-26(13-15-27)9-8-10-30(40)23-36(17-6-5-7-18-36)34(44)38-19-20-39(3)4/h11-16,22,31-33,41-43H,5-10,17-21,23-24H2,1-4H3,(H,38,44)/t31-,32-,33+,35-,37-/m0/s1. The van der Waals surface area contributed by atoms with Crippen molar-refractivity contribution in [3.05, 3.63) is 70.3 Å². The quantitative estimate of drug-likeness (QED) is 0.263. The molecule has 2 aromatic rings. The Bertz CT molecular complexity index is 1370. The zero-order valence-electron chi connectivity index (χ0n) is 27.9. The van der Waals surface area contributed by atoms with Gasteiger partial charge in [-0.25, -0.2) is 0 Å². The number of ketones is 1. The number of likely N-dealkylation sites (N-methyl/N-ethyl adjacent to an activating group) is 1. The molecule has 0 unspecified atom stereocenters. The van der Waals surface area contributed by atoms with Gasteiger partial charge in [0.2, 0.25) is 11.7 Å². The zero-order valence-corrected chi connectivity index (χ0v) is 27.9. The van der Waals surface area contributed by atoms with E-state index in [-0.39, 0.29) is 18.3 Å². The molecule has 0 radical (unpaired) electrons. The highest BCUT2D eigenvalue weighted by Crippen LogP contribution is 2.49. The van der Waals surface area contributed by atoms with Crippen molar-refractivity contribution in [1.29, 1.82) is 0 Å². The molecule has 3 fully saturated rings. The van der Waals surface area contributed by atoms with Crippen LogP contribution < -0.4 is 5.32 Å². The largest absolute Gasteiger partial charge is 0.387 e. The van der Waals surface area contributed by atoms with Crippen molar-refractivity contribution >= 4 is 11.7 Å². The summed E-state index contributed by atoms with van der Waals surface area (Å²) in [4.78, 5) is 28.3. The molecule has 2 saturated heterocycles.